The maximum absolute atomic E-state index is 13.6. The summed E-state index contributed by atoms with van der Waals surface area (Å²) in [7, 11) is 0. The number of nitrogens with zero attached hydrogens (tertiary/aromatic N) is 1. The van der Waals surface area contributed by atoms with Crippen LogP contribution < -0.4 is 10.7 Å². The molecule has 0 aromatic heterocycles. The normalized spacial score (nSPS) is 11.1. The zero-order valence-corrected chi connectivity index (χ0v) is 15.2. The van der Waals surface area contributed by atoms with Crippen LogP contribution in [0.2, 0.25) is 0 Å². The lowest BCUT2D eigenvalue weighted by atomic mass is 9.97. The monoisotopic (exact) mass is 385 g/mol. The minimum atomic E-state index is -1.00. The van der Waals surface area contributed by atoms with Crippen molar-refractivity contribution in [3.05, 3.63) is 90.2 Å². The molecule has 4 rings (SSSR count). The predicted octanol–water partition coefficient (Wildman–Crippen LogP) is 4.22. The maximum Gasteiger partial charge on any atom is 0.329 e. The first-order valence-electron chi connectivity index (χ1n) is 8.93. The van der Waals surface area contributed by atoms with E-state index in [1.807, 2.05) is 48.5 Å². The van der Waals surface area contributed by atoms with Crippen molar-refractivity contribution in [2.45, 2.75) is 0 Å². The second-order valence-electron chi connectivity index (χ2n) is 6.37. The number of amides is 2. The number of hydrogen-bond acceptors (Lipinski definition) is 3. The van der Waals surface area contributed by atoms with Gasteiger partial charge in [-0.25, -0.2) is 9.82 Å². The van der Waals surface area contributed by atoms with E-state index in [4.69, 9.17) is 0 Å². The number of rotatable bonds is 3. The van der Waals surface area contributed by atoms with Crippen LogP contribution in [-0.2, 0) is 9.59 Å². The molecule has 0 unspecified atom stereocenters. The molecule has 0 fully saturated rings. The van der Waals surface area contributed by atoms with E-state index >= 15 is 0 Å². The number of hydrogen-bond donors (Lipinski definition) is 2. The van der Waals surface area contributed by atoms with Crippen LogP contribution in [0.1, 0.15) is 5.56 Å². The fourth-order valence-corrected chi connectivity index (χ4v) is 3.14. The topological polar surface area (TPSA) is 70.6 Å². The molecule has 142 valence electrons. The molecule has 4 aromatic rings. The maximum atomic E-state index is 13.6. The zero-order valence-electron chi connectivity index (χ0n) is 15.2. The van der Waals surface area contributed by atoms with Crippen LogP contribution in [0.15, 0.2) is 84.0 Å². The third-order valence-corrected chi connectivity index (χ3v) is 4.50. The van der Waals surface area contributed by atoms with Crippen LogP contribution in [0.25, 0.3) is 21.5 Å². The van der Waals surface area contributed by atoms with Gasteiger partial charge in [-0.3, -0.25) is 9.59 Å². The van der Waals surface area contributed by atoms with Gasteiger partial charge in [-0.2, -0.15) is 5.10 Å². The van der Waals surface area contributed by atoms with Crippen LogP contribution in [0.3, 0.4) is 0 Å². The quantitative estimate of drug-likeness (QED) is 0.240. The van der Waals surface area contributed by atoms with E-state index in [0.29, 0.717) is 0 Å². The molecule has 0 aliphatic rings. The fraction of sp³-hybridized carbons (Fsp3) is 0. The van der Waals surface area contributed by atoms with Crippen LogP contribution in [0.4, 0.5) is 10.1 Å². The molecule has 6 heteroatoms. The number of hydrazone groups is 1. The van der Waals surface area contributed by atoms with Crippen LogP contribution in [-0.4, -0.2) is 18.0 Å². The highest BCUT2D eigenvalue weighted by molar-refractivity contribution is 6.39. The lowest BCUT2D eigenvalue weighted by Gasteiger charge is -2.08. The summed E-state index contributed by atoms with van der Waals surface area (Å²) >= 11 is 0. The van der Waals surface area contributed by atoms with Crippen LogP contribution >= 0.6 is 0 Å². The highest BCUT2D eigenvalue weighted by atomic mass is 19.1. The minimum absolute atomic E-state index is 0.0725. The predicted molar refractivity (Wildman–Crippen MR) is 112 cm³/mol. The number of nitrogens with one attached hydrogen (secondary N) is 2. The highest BCUT2D eigenvalue weighted by Gasteiger charge is 2.14. The average molecular weight is 385 g/mol. The van der Waals surface area contributed by atoms with Crippen molar-refractivity contribution in [3.8, 4) is 0 Å². The number of carbonyl (C=O) groups is 2. The van der Waals surface area contributed by atoms with Gasteiger partial charge in [0.2, 0.25) is 0 Å². The summed E-state index contributed by atoms with van der Waals surface area (Å²) in [5.41, 5.74) is 2.95. The Morgan fingerprint density at radius 3 is 2.03 bits per heavy atom. The minimum Gasteiger partial charge on any atom is -0.315 e. The zero-order chi connectivity index (χ0) is 20.2. The molecule has 0 heterocycles. The first-order chi connectivity index (χ1) is 14.1. The van der Waals surface area contributed by atoms with E-state index in [1.165, 1.54) is 24.4 Å². The number of halogens is 1. The van der Waals surface area contributed by atoms with Gasteiger partial charge in [0.1, 0.15) is 5.82 Å². The molecule has 4 aromatic carbocycles. The molecule has 2 amide bonds. The Labute approximate surface area is 165 Å². The molecular formula is C23H16FN3O2. The number of benzene rings is 4. The summed E-state index contributed by atoms with van der Waals surface area (Å²) in [5.74, 6) is -2.62. The van der Waals surface area contributed by atoms with Crippen molar-refractivity contribution in [2.75, 3.05) is 5.32 Å². The lowest BCUT2D eigenvalue weighted by Crippen LogP contribution is -2.32. The van der Waals surface area contributed by atoms with Crippen molar-refractivity contribution in [2.24, 2.45) is 5.10 Å². The van der Waals surface area contributed by atoms with Gasteiger partial charge < -0.3 is 5.32 Å². The smallest absolute Gasteiger partial charge is 0.315 e. The van der Waals surface area contributed by atoms with Crippen molar-refractivity contribution in [1.29, 1.82) is 0 Å². The highest BCUT2D eigenvalue weighted by Crippen LogP contribution is 2.27. The molecule has 0 saturated carbocycles. The molecule has 0 aliphatic carbocycles. The summed E-state index contributed by atoms with van der Waals surface area (Å²) in [6, 6.07) is 23.4. The SMILES string of the molecule is O=C(N/N=C/c1c2ccccc2cc2ccccc12)C(=O)Nc1ccccc1F. The summed E-state index contributed by atoms with van der Waals surface area (Å²) in [6.07, 6.45) is 1.51. The van der Waals surface area contributed by atoms with Gasteiger partial charge in [0.25, 0.3) is 0 Å². The van der Waals surface area contributed by atoms with Gasteiger partial charge in [0, 0.05) is 5.56 Å². The molecule has 0 spiro atoms. The Hall–Kier alpha value is -4.06. The fourth-order valence-electron chi connectivity index (χ4n) is 3.14. The Kier molecular flexibility index (Phi) is 4.99. The van der Waals surface area contributed by atoms with Gasteiger partial charge in [0.05, 0.1) is 11.9 Å². The molecule has 0 radical (unpaired) electrons. The van der Waals surface area contributed by atoms with Gasteiger partial charge >= 0.3 is 11.8 Å². The molecule has 29 heavy (non-hydrogen) atoms. The standard InChI is InChI=1S/C23H16FN3O2/c24-20-11-5-6-12-21(20)26-22(28)23(29)27-25-14-19-17-9-3-1-7-15(17)13-16-8-2-4-10-18(16)19/h1-14H,(H,26,28)(H,27,29)/b25-14+. The van der Waals surface area contributed by atoms with E-state index in [2.05, 4.69) is 21.9 Å². The number of fused-ring (bicyclic) bond motifs is 2. The second-order valence-corrected chi connectivity index (χ2v) is 6.37. The van der Waals surface area contributed by atoms with Crippen LogP contribution in [0, 0.1) is 5.82 Å². The van der Waals surface area contributed by atoms with Crippen molar-refractivity contribution in [1.82, 2.24) is 5.43 Å². The molecule has 0 bridgehead atoms. The van der Waals surface area contributed by atoms with E-state index < -0.39 is 17.6 Å². The summed E-state index contributed by atoms with van der Waals surface area (Å²) in [4.78, 5) is 24.0. The van der Waals surface area contributed by atoms with Gasteiger partial charge in [-0.15, -0.1) is 0 Å². The van der Waals surface area contributed by atoms with Crippen molar-refractivity contribution in [3.63, 3.8) is 0 Å². The third kappa shape index (κ3) is 3.82. The van der Waals surface area contributed by atoms with E-state index in [0.717, 1.165) is 27.1 Å². The molecular weight excluding hydrogens is 369 g/mol. The number of para-hydroxylation sites is 1. The Morgan fingerprint density at radius 2 is 1.38 bits per heavy atom. The van der Waals surface area contributed by atoms with Crippen LogP contribution in [0.5, 0.6) is 0 Å². The van der Waals surface area contributed by atoms with Crippen molar-refractivity contribution >= 4 is 45.3 Å². The number of anilines is 1. The molecule has 0 aliphatic heterocycles. The Morgan fingerprint density at radius 1 is 0.793 bits per heavy atom. The average Bonchev–Trinajstić information content (AvgIpc) is 2.74. The first-order valence-corrected chi connectivity index (χ1v) is 8.93. The van der Waals surface area contributed by atoms with E-state index in [1.54, 1.807) is 6.07 Å². The first kappa shape index (κ1) is 18.3. The largest absolute Gasteiger partial charge is 0.329 e. The second kappa shape index (κ2) is 7.90. The molecule has 0 atom stereocenters. The summed E-state index contributed by atoms with van der Waals surface area (Å²) < 4.78 is 13.6. The summed E-state index contributed by atoms with van der Waals surface area (Å²) in [6.45, 7) is 0. The van der Waals surface area contributed by atoms with Crippen molar-refractivity contribution < 1.29 is 14.0 Å². The Balaban J connectivity index is 1.57. The summed E-state index contributed by atoms with van der Waals surface area (Å²) in [5, 5.41) is 10.2. The van der Waals surface area contributed by atoms with Gasteiger partial charge in [-0.05, 0) is 39.7 Å². The molecule has 0 saturated heterocycles. The van der Waals surface area contributed by atoms with E-state index in [9.17, 15) is 14.0 Å². The van der Waals surface area contributed by atoms with Gasteiger partial charge in [0.15, 0.2) is 0 Å². The number of carbonyl (C=O) groups excluding carboxylic acids is 2. The molecule has 2 N–H and O–H groups in total. The van der Waals surface area contributed by atoms with E-state index in [-0.39, 0.29) is 5.69 Å². The third-order valence-electron chi connectivity index (χ3n) is 4.50. The molecule has 5 nitrogen and oxygen atoms in total. The lowest BCUT2D eigenvalue weighted by molar-refractivity contribution is -0.136. The van der Waals surface area contributed by atoms with Gasteiger partial charge in [-0.1, -0.05) is 60.7 Å². The Bertz CT molecular complexity index is 1210.